The van der Waals surface area contributed by atoms with E-state index in [9.17, 15) is 10.1 Å². The van der Waals surface area contributed by atoms with Gasteiger partial charge in [0.25, 0.3) is 0 Å². The molecule has 0 unspecified atom stereocenters. The first-order valence-corrected chi connectivity index (χ1v) is 8.86. The summed E-state index contributed by atoms with van der Waals surface area (Å²) in [7, 11) is 0. The van der Waals surface area contributed by atoms with Crippen LogP contribution >= 0.6 is 23.1 Å². The molecule has 118 valence electrons. The van der Waals surface area contributed by atoms with Crippen molar-refractivity contribution in [2.75, 3.05) is 5.75 Å². The van der Waals surface area contributed by atoms with Crippen molar-refractivity contribution in [3.63, 3.8) is 0 Å². The number of thiophene rings is 1. The number of nitrogens with zero attached hydrogens (tertiary/aromatic N) is 3. The van der Waals surface area contributed by atoms with E-state index in [-0.39, 0.29) is 5.75 Å². The molecule has 7 heteroatoms. The highest BCUT2D eigenvalue weighted by molar-refractivity contribution is 8.00. The Morgan fingerprint density at radius 3 is 2.88 bits per heavy atom. The predicted octanol–water partition coefficient (Wildman–Crippen LogP) is 3.32. The predicted molar refractivity (Wildman–Crippen MR) is 95.4 cm³/mol. The lowest BCUT2D eigenvalue weighted by atomic mass is 10.1. The Bertz CT molecular complexity index is 902. The van der Waals surface area contributed by atoms with Crippen LogP contribution in [0.2, 0.25) is 0 Å². The minimum atomic E-state index is -0.449. The van der Waals surface area contributed by atoms with Crippen LogP contribution in [0.15, 0.2) is 53.1 Å². The van der Waals surface area contributed by atoms with Gasteiger partial charge in [0.2, 0.25) is 5.91 Å². The van der Waals surface area contributed by atoms with E-state index in [4.69, 9.17) is 5.73 Å². The van der Waals surface area contributed by atoms with Crippen LogP contribution in [-0.4, -0.2) is 21.6 Å². The van der Waals surface area contributed by atoms with Crippen LogP contribution < -0.4 is 5.73 Å². The van der Waals surface area contributed by atoms with Gasteiger partial charge < -0.3 is 5.73 Å². The van der Waals surface area contributed by atoms with E-state index in [0.29, 0.717) is 16.3 Å². The summed E-state index contributed by atoms with van der Waals surface area (Å²) in [5.74, 6) is -0.377. The van der Waals surface area contributed by atoms with Crippen molar-refractivity contribution in [1.29, 1.82) is 5.26 Å². The second kappa shape index (κ2) is 7.25. The van der Waals surface area contributed by atoms with Gasteiger partial charge in [-0.05, 0) is 29.6 Å². The monoisotopic (exact) mass is 352 g/mol. The molecule has 0 aromatic carbocycles. The molecule has 0 radical (unpaired) electrons. The standard InChI is InChI=1S/C17H12N4OS2/c18-8-13-12(15-4-2-6-23-15)7-14(11-3-1-5-20-9-11)21-17(13)24-10-16(19)22/h1-7,9H,10H2,(H2,19,22). The van der Waals surface area contributed by atoms with E-state index in [1.807, 2.05) is 35.7 Å². The second-order valence-electron chi connectivity index (χ2n) is 4.82. The van der Waals surface area contributed by atoms with Crippen molar-refractivity contribution in [3.8, 4) is 27.8 Å². The smallest absolute Gasteiger partial charge is 0.227 e. The normalized spacial score (nSPS) is 10.3. The molecule has 1 amide bonds. The van der Waals surface area contributed by atoms with Crippen LogP contribution in [-0.2, 0) is 4.79 Å². The SMILES string of the molecule is N#Cc1c(-c2cccs2)cc(-c2cccnc2)nc1SCC(N)=O. The largest absolute Gasteiger partial charge is 0.369 e. The molecule has 24 heavy (non-hydrogen) atoms. The average Bonchev–Trinajstić information content (AvgIpc) is 3.14. The third-order valence-electron chi connectivity index (χ3n) is 3.19. The molecule has 2 N–H and O–H groups in total. The number of rotatable bonds is 5. The number of primary amides is 1. The fraction of sp³-hybridized carbons (Fsp3) is 0.0588. The Morgan fingerprint density at radius 2 is 2.25 bits per heavy atom. The average molecular weight is 352 g/mol. The quantitative estimate of drug-likeness (QED) is 0.711. The van der Waals surface area contributed by atoms with Gasteiger partial charge in [-0.25, -0.2) is 4.98 Å². The highest BCUT2D eigenvalue weighted by atomic mass is 32.2. The summed E-state index contributed by atoms with van der Waals surface area (Å²) in [5.41, 5.74) is 8.04. The molecule has 3 aromatic rings. The van der Waals surface area contributed by atoms with Crippen molar-refractivity contribution in [3.05, 3.63) is 53.7 Å². The summed E-state index contributed by atoms with van der Waals surface area (Å²) >= 11 is 2.72. The molecule has 3 aromatic heterocycles. The Hall–Kier alpha value is -2.69. The maximum Gasteiger partial charge on any atom is 0.227 e. The summed E-state index contributed by atoms with van der Waals surface area (Å²) in [6, 6.07) is 11.7. The third-order valence-corrected chi connectivity index (χ3v) is 5.09. The first kappa shape index (κ1) is 16.2. The Morgan fingerprint density at radius 1 is 1.38 bits per heavy atom. The first-order chi connectivity index (χ1) is 11.7. The number of pyridine rings is 2. The number of carbonyl (C=O) groups is 1. The van der Waals surface area contributed by atoms with E-state index < -0.39 is 5.91 Å². The van der Waals surface area contributed by atoms with E-state index >= 15 is 0 Å². The van der Waals surface area contributed by atoms with E-state index in [0.717, 1.165) is 16.0 Å². The molecule has 0 spiro atoms. The van der Waals surface area contributed by atoms with Crippen LogP contribution in [0, 0.1) is 11.3 Å². The summed E-state index contributed by atoms with van der Waals surface area (Å²) in [6.45, 7) is 0. The van der Waals surface area contributed by atoms with Crippen LogP contribution in [0.1, 0.15) is 5.56 Å². The van der Waals surface area contributed by atoms with Gasteiger partial charge in [-0.15, -0.1) is 11.3 Å². The number of carbonyl (C=O) groups excluding carboxylic acids is 1. The molecular weight excluding hydrogens is 340 g/mol. The lowest BCUT2D eigenvalue weighted by Crippen LogP contribution is -2.13. The molecule has 3 heterocycles. The summed E-state index contributed by atoms with van der Waals surface area (Å²) in [6.07, 6.45) is 3.41. The minimum Gasteiger partial charge on any atom is -0.369 e. The van der Waals surface area contributed by atoms with Gasteiger partial charge in [0.15, 0.2) is 0 Å². The number of hydrogen-bond acceptors (Lipinski definition) is 6. The molecule has 5 nitrogen and oxygen atoms in total. The van der Waals surface area contributed by atoms with Crippen molar-refractivity contribution in [1.82, 2.24) is 9.97 Å². The minimum absolute atomic E-state index is 0.0715. The van der Waals surface area contributed by atoms with Gasteiger partial charge in [0.05, 0.1) is 17.0 Å². The van der Waals surface area contributed by atoms with Crippen molar-refractivity contribution < 1.29 is 4.79 Å². The van der Waals surface area contributed by atoms with Gasteiger partial charge in [-0.1, -0.05) is 17.8 Å². The fourth-order valence-corrected chi connectivity index (χ4v) is 3.65. The zero-order valence-corrected chi connectivity index (χ0v) is 14.1. The topological polar surface area (TPSA) is 92.7 Å². The van der Waals surface area contributed by atoms with Crippen LogP contribution in [0.25, 0.3) is 21.7 Å². The van der Waals surface area contributed by atoms with Gasteiger partial charge >= 0.3 is 0 Å². The Kier molecular flexibility index (Phi) is 4.89. The molecule has 0 aliphatic rings. The molecule has 0 bridgehead atoms. The van der Waals surface area contributed by atoms with Crippen molar-refractivity contribution in [2.24, 2.45) is 5.73 Å². The molecule has 0 aliphatic heterocycles. The summed E-state index contributed by atoms with van der Waals surface area (Å²) in [4.78, 5) is 20.8. The van der Waals surface area contributed by atoms with E-state index in [1.165, 1.54) is 11.8 Å². The number of amides is 1. The molecule has 0 saturated carbocycles. The van der Waals surface area contributed by atoms with Gasteiger partial charge in [0.1, 0.15) is 11.1 Å². The van der Waals surface area contributed by atoms with E-state index in [2.05, 4.69) is 16.0 Å². The van der Waals surface area contributed by atoms with Crippen LogP contribution in [0.4, 0.5) is 0 Å². The van der Waals surface area contributed by atoms with Gasteiger partial charge in [-0.3, -0.25) is 9.78 Å². The molecule has 0 atom stereocenters. The molecule has 0 aliphatic carbocycles. The van der Waals surface area contributed by atoms with Crippen molar-refractivity contribution >= 4 is 29.0 Å². The number of aromatic nitrogens is 2. The summed E-state index contributed by atoms with van der Waals surface area (Å²) < 4.78 is 0. The fourth-order valence-electron chi connectivity index (χ4n) is 2.16. The molecule has 0 fully saturated rings. The van der Waals surface area contributed by atoms with Crippen molar-refractivity contribution in [2.45, 2.75) is 5.03 Å². The molecule has 0 saturated heterocycles. The zero-order valence-electron chi connectivity index (χ0n) is 12.5. The highest BCUT2D eigenvalue weighted by Crippen LogP contribution is 2.35. The maximum absolute atomic E-state index is 11.1. The zero-order chi connectivity index (χ0) is 16.9. The van der Waals surface area contributed by atoms with E-state index in [1.54, 1.807) is 23.7 Å². The Balaban J connectivity index is 2.18. The highest BCUT2D eigenvalue weighted by Gasteiger charge is 2.17. The molecular formula is C17H12N4OS2. The number of hydrogen-bond donors (Lipinski definition) is 1. The van der Waals surface area contributed by atoms with Gasteiger partial charge in [-0.2, -0.15) is 5.26 Å². The first-order valence-electron chi connectivity index (χ1n) is 6.99. The lowest BCUT2D eigenvalue weighted by molar-refractivity contribution is -0.115. The molecule has 3 rings (SSSR count). The van der Waals surface area contributed by atoms with Gasteiger partial charge in [0, 0.05) is 28.4 Å². The summed E-state index contributed by atoms with van der Waals surface area (Å²) in [5, 5.41) is 12.1. The third kappa shape index (κ3) is 3.45. The van der Waals surface area contributed by atoms with Crippen LogP contribution in [0.5, 0.6) is 0 Å². The number of nitriles is 1. The number of thioether (sulfide) groups is 1. The lowest BCUT2D eigenvalue weighted by Gasteiger charge is -2.10. The second-order valence-corrected chi connectivity index (χ2v) is 6.73. The number of nitrogens with two attached hydrogens (primary N) is 1. The Labute approximate surface area is 147 Å². The van der Waals surface area contributed by atoms with Crippen LogP contribution in [0.3, 0.4) is 0 Å². The maximum atomic E-state index is 11.1.